The maximum Gasteiger partial charge on any atom is 0.257 e. The zero-order valence-corrected chi connectivity index (χ0v) is 15.7. The van der Waals surface area contributed by atoms with E-state index in [-0.39, 0.29) is 5.91 Å². The van der Waals surface area contributed by atoms with Gasteiger partial charge in [0.2, 0.25) is 0 Å². The molecule has 0 fully saturated rings. The lowest BCUT2D eigenvalue weighted by Crippen LogP contribution is -2.23. The van der Waals surface area contributed by atoms with Gasteiger partial charge in [-0.1, -0.05) is 47.1 Å². The largest absolute Gasteiger partial charge is 0.378 e. The van der Waals surface area contributed by atoms with E-state index in [1.165, 1.54) is 0 Å². The van der Waals surface area contributed by atoms with Gasteiger partial charge in [0, 0.05) is 31.9 Å². The van der Waals surface area contributed by atoms with Crippen molar-refractivity contribution >= 4 is 23.2 Å². The Kier molecular flexibility index (Phi) is 5.28. The summed E-state index contributed by atoms with van der Waals surface area (Å²) in [5, 5.41) is 7.48. The highest BCUT2D eigenvalue weighted by Crippen LogP contribution is 2.30. The first-order valence-corrected chi connectivity index (χ1v) is 8.61. The minimum Gasteiger partial charge on any atom is -0.378 e. The molecule has 0 bridgehead atoms. The molecular weight excluding hydrogens is 350 g/mol. The van der Waals surface area contributed by atoms with Gasteiger partial charge >= 0.3 is 0 Å². The number of aromatic nitrogens is 1. The van der Waals surface area contributed by atoms with Crippen molar-refractivity contribution in [2.45, 2.75) is 13.5 Å². The third kappa shape index (κ3) is 3.73. The molecule has 3 rings (SSSR count). The highest BCUT2D eigenvalue weighted by molar-refractivity contribution is 6.33. The van der Waals surface area contributed by atoms with Crippen LogP contribution in [0.4, 0.5) is 5.69 Å². The molecule has 5 nitrogen and oxygen atoms in total. The smallest absolute Gasteiger partial charge is 0.257 e. The summed E-state index contributed by atoms with van der Waals surface area (Å²) in [4.78, 5) is 14.7. The first-order valence-electron chi connectivity index (χ1n) is 8.23. The number of anilines is 1. The predicted octanol–water partition coefficient (Wildman–Crippen LogP) is 4.30. The van der Waals surface area contributed by atoms with Crippen molar-refractivity contribution in [1.82, 2.24) is 10.5 Å². The molecule has 3 aromatic rings. The van der Waals surface area contributed by atoms with Crippen LogP contribution < -0.4 is 10.2 Å². The molecule has 0 radical (unpaired) electrons. The number of halogens is 1. The fourth-order valence-corrected chi connectivity index (χ4v) is 2.88. The topological polar surface area (TPSA) is 58.4 Å². The van der Waals surface area contributed by atoms with Crippen LogP contribution in [0.5, 0.6) is 0 Å². The van der Waals surface area contributed by atoms with E-state index in [4.69, 9.17) is 16.1 Å². The van der Waals surface area contributed by atoms with E-state index >= 15 is 0 Å². The monoisotopic (exact) mass is 369 g/mol. The van der Waals surface area contributed by atoms with Crippen LogP contribution in [0.2, 0.25) is 5.02 Å². The summed E-state index contributed by atoms with van der Waals surface area (Å²) < 4.78 is 5.25. The second-order valence-corrected chi connectivity index (χ2v) is 6.59. The van der Waals surface area contributed by atoms with E-state index in [1.807, 2.05) is 61.5 Å². The summed E-state index contributed by atoms with van der Waals surface area (Å²) in [5.74, 6) is 0.218. The number of hydrogen-bond acceptors (Lipinski definition) is 4. The van der Waals surface area contributed by atoms with Crippen molar-refractivity contribution in [3.63, 3.8) is 0 Å². The van der Waals surface area contributed by atoms with Crippen LogP contribution in [0.3, 0.4) is 0 Å². The molecule has 1 N–H and O–H groups in total. The quantitative estimate of drug-likeness (QED) is 0.728. The normalized spacial score (nSPS) is 10.6. The summed E-state index contributed by atoms with van der Waals surface area (Å²) >= 11 is 6.24. The molecule has 0 spiro atoms. The molecule has 0 saturated carbocycles. The lowest BCUT2D eigenvalue weighted by atomic mass is 10.1. The first-order chi connectivity index (χ1) is 12.5. The number of aryl methyl sites for hydroxylation is 1. The minimum absolute atomic E-state index is 0.240. The third-order valence-corrected chi connectivity index (χ3v) is 4.45. The van der Waals surface area contributed by atoms with Crippen molar-refractivity contribution in [3.8, 4) is 11.3 Å². The minimum atomic E-state index is -0.240. The lowest BCUT2D eigenvalue weighted by Gasteiger charge is -2.13. The maximum absolute atomic E-state index is 12.7. The molecule has 134 valence electrons. The number of amides is 1. The van der Waals surface area contributed by atoms with E-state index in [1.54, 1.807) is 13.0 Å². The average molecular weight is 370 g/mol. The second kappa shape index (κ2) is 7.62. The molecule has 0 saturated heterocycles. The van der Waals surface area contributed by atoms with Crippen LogP contribution >= 0.6 is 11.6 Å². The third-order valence-electron chi connectivity index (χ3n) is 4.12. The number of nitrogens with one attached hydrogen (secondary N) is 1. The first kappa shape index (κ1) is 18.0. The lowest BCUT2D eigenvalue weighted by molar-refractivity contribution is 0.0950. The van der Waals surface area contributed by atoms with Crippen molar-refractivity contribution in [1.29, 1.82) is 0 Å². The molecule has 0 aliphatic carbocycles. The zero-order chi connectivity index (χ0) is 18.7. The highest BCUT2D eigenvalue weighted by Gasteiger charge is 2.22. The summed E-state index contributed by atoms with van der Waals surface area (Å²) in [7, 11) is 3.98. The SMILES string of the molecule is Cc1onc(-c2ccccc2Cl)c1C(=O)NCc1ccc(N(C)C)cc1. The molecule has 0 atom stereocenters. The van der Waals surface area contributed by atoms with Gasteiger partial charge in [-0.05, 0) is 30.7 Å². The van der Waals surface area contributed by atoms with Crippen LogP contribution in [0, 0.1) is 6.92 Å². The summed E-state index contributed by atoms with van der Waals surface area (Å²) in [6, 6.07) is 15.3. The molecule has 26 heavy (non-hydrogen) atoms. The maximum atomic E-state index is 12.7. The van der Waals surface area contributed by atoms with E-state index < -0.39 is 0 Å². The molecule has 6 heteroatoms. The van der Waals surface area contributed by atoms with Crippen molar-refractivity contribution in [2.24, 2.45) is 0 Å². The average Bonchev–Trinajstić information content (AvgIpc) is 3.02. The summed E-state index contributed by atoms with van der Waals surface area (Å²) in [6.07, 6.45) is 0. The molecule has 1 amide bonds. The van der Waals surface area contributed by atoms with Crippen molar-refractivity contribution in [2.75, 3.05) is 19.0 Å². The second-order valence-electron chi connectivity index (χ2n) is 6.19. The molecule has 2 aromatic carbocycles. The molecule has 1 heterocycles. The van der Waals surface area contributed by atoms with Gasteiger partial charge in [0.15, 0.2) is 0 Å². The van der Waals surface area contributed by atoms with Gasteiger partial charge in [0.05, 0.1) is 5.02 Å². The Morgan fingerprint density at radius 1 is 1.15 bits per heavy atom. The van der Waals surface area contributed by atoms with Gasteiger partial charge in [-0.25, -0.2) is 0 Å². The van der Waals surface area contributed by atoms with Crippen LogP contribution in [0.1, 0.15) is 21.7 Å². The Hall–Kier alpha value is -2.79. The Balaban J connectivity index is 1.78. The zero-order valence-electron chi connectivity index (χ0n) is 14.9. The number of hydrogen-bond donors (Lipinski definition) is 1. The van der Waals surface area contributed by atoms with Crippen molar-refractivity contribution < 1.29 is 9.32 Å². The van der Waals surface area contributed by atoms with Gasteiger partial charge in [-0.3, -0.25) is 4.79 Å². The number of benzene rings is 2. The Bertz CT molecular complexity index is 917. The number of nitrogens with zero attached hydrogens (tertiary/aromatic N) is 2. The van der Waals surface area contributed by atoms with Crippen molar-refractivity contribution in [3.05, 3.63) is 70.4 Å². The molecule has 0 aliphatic rings. The van der Waals surface area contributed by atoms with Crippen LogP contribution in [0.15, 0.2) is 53.1 Å². The number of carbonyl (C=O) groups is 1. The van der Waals surface area contributed by atoms with Crippen LogP contribution in [0.25, 0.3) is 11.3 Å². The highest BCUT2D eigenvalue weighted by atomic mass is 35.5. The molecule has 0 aliphatic heterocycles. The summed E-state index contributed by atoms with van der Waals surface area (Å²) in [5.41, 5.74) is 3.65. The van der Waals surface area contributed by atoms with E-state index in [0.29, 0.717) is 34.1 Å². The Morgan fingerprint density at radius 2 is 1.85 bits per heavy atom. The van der Waals surface area contributed by atoms with E-state index in [9.17, 15) is 4.79 Å². The van der Waals surface area contributed by atoms with Gasteiger partial charge in [0.1, 0.15) is 17.0 Å². The van der Waals surface area contributed by atoms with E-state index in [2.05, 4.69) is 10.5 Å². The van der Waals surface area contributed by atoms with Crippen LogP contribution in [-0.4, -0.2) is 25.2 Å². The van der Waals surface area contributed by atoms with Gasteiger partial charge in [0.25, 0.3) is 5.91 Å². The fourth-order valence-electron chi connectivity index (χ4n) is 2.66. The predicted molar refractivity (Wildman–Crippen MR) is 104 cm³/mol. The molecular formula is C20H20ClN3O2. The van der Waals surface area contributed by atoms with Gasteiger partial charge < -0.3 is 14.7 Å². The van der Waals surface area contributed by atoms with Gasteiger partial charge in [-0.2, -0.15) is 0 Å². The summed E-state index contributed by atoms with van der Waals surface area (Å²) in [6.45, 7) is 2.13. The van der Waals surface area contributed by atoms with Crippen LogP contribution in [-0.2, 0) is 6.54 Å². The Labute approximate surface area is 157 Å². The number of rotatable bonds is 5. The Morgan fingerprint density at radius 3 is 2.50 bits per heavy atom. The fraction of sp³-hybridized carbons (Fsp3) is 0.200. The number of carbonyl (C=O) groups excluding carboxylic acids is 1. The van der Waals surface area contributed by atoms with E-state index in [0.717, 1.165) is 11.3 Å². The molecule has 1 aromatic heterocycles. The molecule has 0 unspecified atom stereocenters. The standard InChI is InChI=1S/C20H20ClN3O2/c1-13-18(19(23-26-13)16-6-4-5-7-17(16)21)20(25)22-12-14-8-10-15(11-9-14)24(2)3/h4-11H,12H2,1-3H3,(H,22,25). The van der Waals surface area contributed by atoms with Gasteiger partial charge in [-0.15, -0.1) is 0 Å².